The fourth-order valence-corrected chi connectivity index (χ4v) is 4.54. The Bertz CT molecular complexity index is 540. The van der Waals surface area contributed by atoms with Crippen LogP contribution in [0.15, 0.2) is 23.1 Å². The Morgan fingerprint density at radius 1 is 1.44 bits per heavy atom. The molecule has 2 N–H and O–H groups in total. The molecule has 0 amide bonds. The molecule has 1 aliphatic heterocycles. The average Bonchev–Trinajstić information content (AvgIpc) is 2.35. The lowest BCUT2D eigenvalue weighted by Crippen LogP contribution is -2.44. The summed E-state index contributed by atoms with van der Waals surface area (Å²) in [5.41, 5.74) is 7.53. The summed E-state index contributed by atoms with van der Waals surface area (Å²) >= 11 is 0. The molecular weight excluding hydrogens is 248 g/mol. The van der Waals surface area contributed by atoms with Gasteiger partial charge in [-0.15, -0.1) is 0 Å². The van der Waals surface area contributed by atoms with Crippen molar-refractivity contribution in [1.29, 1.82) is 0 Å². The average molecular weight is 268 g/mol. The van der Waals surface area contributed by atoms with Crippen LogP contribution in [0, 0.1) is 0 Å². The van der Waals surface area contributed by atoms with Gasteiger partial charge in [-0.1, -0.05) is 19.1 Å². The number of fused-ring (bicyclic) bond motifs is 1. The van der Waals surface area contributed by atoms with Crippen molar-refractivity contribution in [3.05, 3.63) is 23.8 Å². The zero-order valence-electron chi connectivity index (χ0n) is 10.9. The first-order chi connectivity index (χ1) is 8.51. The molecule has 5 heteroatoms. The first-order valence-electron chi connectivity index (χ1n) is 6.28. The minimum atomic E-state index is -3.18. The highest BCUT2D eigenvalue weighted by Gasteiger charge is 2.34. The smallest absolute Gasteiger partial charge is 0.182 e. The van der Waals surface area contributed by atoms with Crippen LogP contribution in [-0.2, 0) is 16.3 Å². The number of rotatable bonds is 3. The monoisotopic (exact) mass is 268 g/mol. The third-order valence-corrected chi connectivity index (χ3v) is 5.43. The van der Waals surface area contributed by atoms with E-state index in [2.05, 4.69) is 4.90 Å². The van der Waals surface area contributed by atoms with E-state index in [0.29, 0.717) is 17.9 Å². The van der Waals surface area contributed by atoms with Gasteiger partial charge in [-0.25, -0.2) is 8.42 Å². The second-order valence-corrected chi connectivity index (χ2v) is 6.74. The summed E-state index contributed by atoms with van der Waals surface area (Å²) in [6.45, 7) is 2.55. The van der Waals surface area contributed by atoms with E-state index in [1.54, 1.807) is 6.07 Å². The van der Waals surface area contributed by atoms with Gasteiger partial charge in [-0.2, -0.15) is 0 Å². The zero-order valence-corrected chi connectivity index (χ0v) is 11.7. The van der Waals surface area contributed by atoms with Gasteiger partial charge >= 0.3 is 0 Å². The number of hydrogen-bond acceptors (Lipinski definition) is 4. The van der Waals surface area contributed by atoms with Crippen molar-refractivity contribution in [2.45, 2.75) is 30.7 Å². The molecule has 4 nitrogen and oxygen atoms in total. The topological polar surface area (TPSA) is 63.4 Å². The molecule has 1 aliphatic rings. The Hall–Kier alpha value is -1.07. The number of anilines is 1. The Kier molecular flexibility index (Phi) is 3.64. The third-order valence-electron chi connectivity index (χ3n) is 3.61. The van der Waals surface area contributed by atoms with Crippen LogP contribution in [-0.4, -0.2) is 33.8 Å². The standard InChI is InChI=1S/C13H20N2O2S/c1-3-10-5-4-6-12-13(10)15(2)11(7-8-14)9-18(12,16)17/h4-6,11H,3,7-9,14H2,1-2H3. The van der Waals surface area contributed by atoms with Gasteiger partial charge in [0.05, 0.1) is 16.3 Å². The van der Waals surface area contributed by atoms with Crippen LogP contribution < -0.4 is 10.6 Å². The van der Waals surface area contributed by atoms with Gasteiger partial charge in [0, 0.05) is 13.1 Å². The van der Waals surface area contributed by atoms with Crippen LogP contribution in [0.4, 0.5) is 5.69 Å². The number of aryl methyl sites for hydroxylation is 1. The van der Waals surface area contributed by atoms with Gasteiger partial charge < -0.3 is 10.6 Å². The molecule has 0 fully saturated rings. The van der Waals surface area contributed by atoms with E-state index < -0.39 is 9.84 Å². The van der Waals surface area contributed by atoms with Gasteiger partial charge in [0.1, 0.15) is 0 Å². The van der Waals surface area contributed by atoms with Crippen LogP contribution in [0.25, 0.3) is 0 Å². The molecule has 1 unspecified atom stereocenters. The molecule has 0 saturated carbocycles. The van der Waals surface area contributed by atoms with E-state index >= 15 is 0 Å². The Morgan fingerprint density at radius 3 is 2.78 bits per heavy atom. The van der Waals surface area contributed by atoms with E-state index in [-0.39, 0.29) is 11.8 Å². The van der Waals surface area contributed by atoms with Crippen molar-refractivity contribution in [3.8, 4) is 0 Å². The maximum Gasteiger partial charge on any atom is 0.182 e. The molecule has 0 saturated heterocycles. The highest BCUT2D eigenvalue weighted by Crippen LogP contribution is 2.36. The second-order valence-electron chi connectivity index (χ2n) is 4.74. The predicted octanol–water partition coefficient (Wildman–Crippen LogP) is 1.19. The number of benzene rings is 1. The molecule has 0 radical (unpaired) electrons. The molecule has 1 heterocycles. The van der Waals surface area contributed by atoms with Crippen LogP contribution in [0.3, 0.4) is 0 Å². The van der Waals surface area contributed by atoms with Crippen LogP contribution in [0.5, 0.6) is 0 Å². The maximum atomic E-state index is 12.3. The summed E-state index contributed by atoms with van der Waals surface area (Å²) in [5.74, 6) is 0.168. The minimum Gasteiger partial charge on any atom is -0.369 e. The molecule has 0 bridgehead atoms. The van der Waals surface area contributed by atoms with E-state index in [4.69, 9.17) is 5.73 Å². The van der Waals surface area contributed by atoms with Crippen molar-refractivity contribution in [2.75, 3.05) is 24.2 Å². The van der Waals surface area contributed by atoms with Crippen molar-refractivity contribution in [2.24, 2.45) is 5.73 Å². The van der Waals surface area contributed by atoms with Crippen molar-refractivity contribution in [1.82, 2.24) is 0 Å². The lowest BCUT2D eigenvalue weighted by atomic mass is 10.1. The fraction of sp³-hybridized carbons (Fsp3) is 0.538. The van der Waals surface area contributed by atoms with E-state index in [1.165, 1.54) is 0 Å². The molecule has 100 valence electrons. The largest absolute Gasteiger partial charge is 0.369 e. The van der Waals surface area contributed by atoms with Crippen molar-refractivity contribution in [3.63, 3.8) is 0 Å². The lowest BCUT2D eigenvalue weighted by Gasteiger charge is -2.37. The van der Waals surface area contributed by atoms with E-state index in [9.17, 15) is 8.42 Å². The molecule has 1 aromatic rings. The van der Waals surface area contributed by atoms with Crippen LogP contribution in [0.1, 0.15) is 18.9 Å². The molecule has 18 heavy (non-hydrogen) atoms. The van der Waals surface area contributed by atoms with E-state index in [1.807, 2.05) is 26.1 Å². The third kappa shape index (κ3) is 2.12. The predicted molar refractivity (Wildman–Crippen MR) is 73.7 cm³/mol. The summed E-state index contributed by atoms with van der Waals surface area (Å²) in [5, 5.41) is 0. The molecular formula is C13H20N2O2S. The summed E-state index contributed by atoms with van der Waals surface area (Å²) in [6.07, 6.45) is 1.53. The van der Waals surface area contributed by atoms with Crippen LogP contribution >= 0.6 is 0 Å². The van der Waals surface area contributed by atoms with Gasteiger partial charge in [0.2, 0.25) is 0 Å². The van der Waals surface area contributed by atoms with Gasteiger partial charge in [0.25, 0.3) is 0 Å². The minimum absolute atomic E-state index is 0.0137. The summed E-state index contributed by atoms with van der Waals surface area (Å²) in [6, 6.07) is 5.52. The van der Waals surface area contributed by atoms with Crippen molar-refractivity contribution < 1.29 is 8.42 Å². The summed E-state index contributed by atoms with van der Waals surface area (Å²) in [4.78, 5) is 2.56. The normalized spacial score (nSPS) is 21.7. The first kappa shape index (κ1) is 13.4. The fourth-order valence-electron chi connectivity index (χ4n) is 2.61. The molecule has 1 aromatic carbocycles. The summed E-state index contributed by atoms with van der Waals surface area (Å²) in [7, 11) is -1.21. The molecule has 0 aliphatic carbocycles. The Balaban J connectivity index is 2.59. The number of nitrogens with zero attached hydrogens (tertiary/aromatic N) is 1. The highest BCUT2D eigenvalue weighted by atomic mass is 32.2. The van der Waals surface area contributed by atoms with Crippen LogP contribution in [0.2, 0.25) is 0 Å². The molecule has 1 atom stereocenters. The maximum absolute atomic E-state index is 12.3. The zero-order chi connectivity index (χ0) is 13.3. The van der Waals surface area contributed by atoms with E-state index in [0.717, 1.165) is 17.7 Å². The Morgan fingerprint density at radius 2 is 2.17 bits per heavy atom. The van der Waals surface area contributed by atoms with Gasteiger partial charge in [-0.05, 0) is 31.0 Å². The van der Waals surface area contributed by atoms with Gasteiger partial charge in [-0.3, -0.25) is 0 Å². The molecule has 0 spiro atoms. The number of hydrogen-bond donors (Lipinski definition) is 1. The number of sulfone groups is 1. The van der Waals surface area contributed by atoms with Crippen molar-refractivity contribution >= 4 is 15.5 Å². The molecule has 0 aromatic heterocycles. The number of para-hydroxylation sites is 1. The summed E-state index contributed by atoms with van der Waals surface area (Å²) < 4.78 is 24.6. The first-order valence-corrected chi connectivity index (χ1v) is 7.94. The number of nitrogens with two attached hydrogens (primary N) is 1. The van der Waals surface area contributed by atoms with Gasteiger partial charge in [0.15, 0.2) is 9.84 Å². The SMILES string of the molecule is CCc1cccc2c1N(C)C(CCN)CS2(=O)=O. The lowest BCUT2D eigenvalue weighted by molar-refractivity contribution is 0.559. The quantitative estimate of drug-likeness (QED) is 0.894. The Labute approximate surface area is 109 Å². The highest BCUT2D eigenvalue weighted by molar-refractivity contribution is 7.91. The molecule has 2 rings (SSSR count). The second kappa shape index (κ2) is 4.90.